The molecule has 0 unspecified atom stereocenters. The maximum atomic E-state index is 10.9. The molecule has 0 heterocycles. The van der Waals surface area contributed by atoms with Crippen molar-refractivity contribution in [3.05, 3.63) is 28.3 Å². The normalized spacial score (nSPS) is 11.2. The molecule has 1 aromatic rings. The van der Waals surface area contributed by atoms with E-state index in [-0.39, 0.29) is 17.0 Å². The molecule has 20 heavy (non-hydrogen) atoms. The van der Waals surface area contributed by atoms with Gasteiger partial charge in [-0.2, -0.15) is 0 Å². The van der Waals surface area contributed by atoms with Crippen molar-refractivity contribution < 1.29 is 14.4 Å². The van der Waals surface area contributed by atoms with Crippen LogP contribution in [-0.2, 0) is 0 Å². The molecule has 0 aliphatic rings. The Morgan fingerprint density at radius 2 is 1.90 bits per heavy atom. The van der Waals surface area contributed by atoms with Crippen LogP contribution in [0.3, 0.4) is 0 Å². The van der Waals surface area contributed by atoms with Crippen molar-refractivity contribution in [2.75, 3.05) is 13.2 Å². The highest BCUT2D eigenvalue weighted by atomic mass is 16.6. The van der Waals surface area contributed by atoms with Crippen LogP contribution in [0, 0.1) is 10.1 Å². The zero-order valence-electron chi connectivity index (χ0n) is 12.2. The summed E-state index contributed by atoms with van der Waals surface area (Å²) in [4.78, 5) is 10.4. The fraction of sp³-hybridized carbons (Fsp3) is 0.571. The number of nitro groups is 1. The molecule has 0 aromatic heterocycles. The van der Waals surface area contributed by atoms with Crippen molar-refractivity contribution in [1.82, 2.24) is 0 Å². The quantitative estimate of drug-likeness (QED) is 0.585. The molecule has 0 atom stereocenters. The summed E-state index contributed by atoms with van der Waals surface area (Å²) >= 11 is 0. The van der Waals surface area contributed by atoms with Crippen LogP contribution in [0.25, 0.3) is 0 Å². The molecule has 0 aliphatic carbocycles. The van der Waals surface area contributed by atoms with E-state index in [9.17, 15) is 10.1 Å². The van der Waals surface area contributed by atoms with Crippen LogP contribution in [0.1, 0.15) is 33.6 Å². The van der Waals surface area contributed by atoms with E-state index in [0.717, 1.165) is 12.8 Å². The second-order valence-electron chi connectivity index (χ2n) is 4.68. The molecular formula is C14H22N2O4. The zero-order valence-corrected chi connectivity index (χ0v) is 12.2. The van der Waals surface area contributed by atoms with Gasteiger partial charge in [-0.3, -0.25) is 10.1 Å². The summed E-state index contributed by atoms with van der Waals surface area (Å²) in [6.45, 7) is 6.51. The van der Waals surface area contributed by atoms with Crippen molar-refractivity contribution in [3.8, 4) is 11.5 Å². The van der Waals surface area contributed by atoms with Crippen LogP contribution in [0.2, 0.25) is 0 Å². The van der Waals surface area contributed by atoms with Crippen LogP contribution in [-0.4, -0.2) is 23.7 Å². The average Bonchev–Trinajstić information content (AvgIpc) is 2.45. The van der Waals surface area contributed by atoms with E-state index < -0.39 is 4.92 Å². The Balaban J connectivity index is 2.87. The lowest BCUT2D eigenvalue weighted by molar-refractivity contribution is -0.385. The molecule has 0 radical (unpaired) electrons. The maximum Gasteiger partial charge on any atom is 0.311 e. The fourth-order valence-electron chi connectivity index (χ4n) is 1.69. The molecule has 112 valence electrons. The van der Waals surface area contributed by atoms with Gasteiger partial charge in [-0.05, 0) is 25.8 Å². The highest BCUT2D eigenvalue weighted by Crippen LogP contribution is 2.31. The Morgan fingerprint density at radius 1 is 1.25 bits per heavy atom. The Kier molecular flexibility index (Phi) is 5.76. The minimum Gasteiger partial charge on any atom is -0.492 e. The molecule has 6 nitrogen and oxygen atoms in total. The molecule has 0 spiro atoms. The first-order valence-corrected chi connectivity index (χ1v) is 6.78. The summed E-state index contributed by atoms with van der Waals surface area (Å²) < 4.78 is 10.9. The first-order chi connectivity index (χ1) is 9.45. The Labute approximate surface area is 119 Å². The second-order valence-corrected chi connectivity index (χ2v) is 4.68. The van der Waals surface area contributed by atoms with Gasteiger partial charge in [-0.25, -0.2) is 0 Å². The molecule has 6 heteroatoms. The van der Waals surface area contributed by atoms with E-state index >= 15 is 0 Å². The minimum absolute atomic E-state index is 0.0656. The number of hydrogen-bond acceptors (Lipinski definition) is 5. The Morgan fingerprint density at radius 3 is 2.40 bits per heavy atom. The Hall–Kier alpha value is -1.82. The van der Waals surface area contributed by atoms with Crippen LogP contribution in [0.15, 0.2) is 18.2 Å². The van der Waals surface area contributed by atoms with Gasteiger partial charge in [0.2, 0.25) is 5.75 Å². The highest BCUT2D eigenvalue weighted by Gasteiger charge is 2.22. The lowest BCUT2D eigenvalue weighted by atomic mass is 9.96. The molecular weight excluding hydrogens is 260 g/mol. The number of nitrogens with zero attached hydrogens (tertiary/aromatic N) is 1. The number of benzene rings is 1. The zero-order chi connectivity index (χ0) is 15.2. The van der Waals surface area contributed by atoms with Gasteiger partial charge in [0.25, 0.3) is 0 Å². The van der Waals surface area contributed by atoms with Crippen molar-refractivity contribution in [2.45, 2.75) is 39.2 Å². The molecule has 2 N–H and O–H groups in total. The molecule has 0 saturated carbocycles. The van der Waals surface area contributed by atoms with Crippen molar-refractivity contribution in [2.24, 2.45) is 5.73 Å². The van der Waals surface area contributed by atoms with Gasteiger partial charge in [-0.1, -0.05) is 13.8 Å². The van der Waals surface area contributed by atoms with Crippen LogP contribution in [0.5, 0.6) is 11.5 Å². The molecule has 0 fully saturated rings. The number of rotatable bonds is 8. The van der Waals surface area contributed by atoms with Gasteiger partial charge in [0, 0.05) is 17.7 Å². The maximum absolute atomic E-state index is 10.9. The first kappa shape index (κ1) is 16.2. The van der Waals surface area contributed by atoms with Crippen molar-refractivity contribution in [3.63, 3.8) is 0 Å². The predicted molar refractivity (Wildman–Crippen MR) is 77.3 cm³/mol. The lowest BCUT2D eigenvalue weighted by Gasteiger charge is -2.26. The van der Waals surface area contributed by atoms with Crippen LogP contribution in [0.4, 0.5) is 5.69 Å². The second kappa shape index (κ2) is 7.09. The summed E-state index contributed by atoms with van der Waals surface area (Å²) in [7, 11) is 0. The van der Waals surface area contributed by atoms with Gasteiger partial charge < -0.3 is 15.2 Å². The first-order valence-electron chi connectivity index (χ1n) is 6.78. The summed E-state index contributed by atoms with van der Waals surface area (Å²) in [5, 5.41) is 10.9. The molecule has 0 bridgehead atoms. The van der Waals surface area contributed by atoms with Crippen molar-refractivity contribution >= 4 is 5.69 Å². The molecule has 0 aliphatic heterocycles. The SMILES string of the molecule is CCOc1cc(OCC(N)(CC)CC)ccc1[N+](=O)[O-]. The fourth-order valence-corrected chi connectivity index (χ4v) is 1.69. The third-order valence-corrected chi connectivity index (χ3v) is 3.36. The standard InChI is InChI=1S/C14H22N2O4/c1-4-14(15,5-2)10-20-11-7-8-12(16(17)18)13(9-11)19-6-3/h7-9H,4-6,10,15H2,1-3H3. The van der Waals surface area contributed by atoms with E-state index in [1.807, 2.05) is 13.8 Å². The molecule has 0 saturated heterocycles. The van der Waals surface area contributed by atoms with Gasteiger partial charge in [0.05, 0.1) is 11.5 Å². The summed E-state index contributed by atoms with van der Waals surface area (Å²) in [5.74, 6) is 0.737. The minimum atomic E-state index is -0.472. The molecule has 1 rings (SSSR count). The van der Waals surface area contributed by atoms with Gasteiger partial charge in [0.15, 0.2) is 0 Å². The number of nitrogens with two attached hydrogens (primary N) is 1. The summed E-state index contributed by atoms with van der Waals surface area (Å²) in [6, 6.07) is 4.48. The number of ether oxygens (including phenoxy) is 2. The molecule has 0 amide bonds. The van der Waals surface area contributed by atoms with E-state index in [1.54, 1.807) is 13.0 Å². The largest absolute Gasteiger partial charge is 0.492 e. The third-order valence-electron chi connectivity index (χ3n) is 3.36. The van der Waals surface area contributed by atoms with Crippen LogP contribution < -0.4 is 15.2 Å². The van der Waals surface area contributed by atoms with E-state index in [1.165, 1.54) is 12.1 Å². The van der Waals surface area contributed by atoms with Crippen molar-refractivity contribution in [1.29, 1.82) is 0 Å². The average molecular weight is 282 g/mol. The van der Waals surface area contributed by atoms with Crippen LogP contribution >= 0.6 is 0 Å². The smallest absolute Gasteiger partial charge is 0.311 e. The number of nitro benzene ring substituents is 1. The lowest BCUT2D eigenvalue weighted by Crippen LogP contribution is -2.44. The van der Waals surface area contributed by atoms with Gasteiger partial charge >= 0.3 is 5.69 Å². The van der Waals surface area contributed by atoms with E-state index in [0.29, 0.717) is 19.0 Å². The summed E-state index contributed by atoms with van der Waals surface area (Å²) in [5.41, 5.74) is 5.71. The Bertz CT molecular complexity index is 458. The topological polar surface area (TPSA) is 87.6 Å². The van der Waals surface area contributed by atoms with Gasteiger partial charge in [0.1, 0.15) is 12.4 Å². The molecule has 1 aromatic carbocycles. The monoisotopic (exact) mass is 282 g/mol. The number of hydrogen-bond donors (Lipinski definition) is 1. The third kappa shape index (κ3) is 4.09. The van der Waals surface area contributed by atoms with E-state index in [2.05, 4.69) is 0 Å². The highest BCUT2D eigenvalue weighted by molar-refractivity contribution is 5.50. The summed E-state index contributed by atoms with van der Waals surface area (Å²) in [6.07, 6.45) is 1.60. The predicted octanol–water partition coefficient (Wildman–Crippen LogP) is 2.89. The van der Waals surface area contributed by atoms with E-state index in [4.69, 9.17) is 15.2 Å². The van der Waals surface area contributed by atoms with Gasteiger partial charge in [-0.15, -0.1) is 0 Å².